The van der Waals surface area contributed by atoms with Crippen LogP contribution in [0.4, 0.5) is 18.9 Å². The van der Waals surface area contributed by atoms with Gasteiger partial charge < -0.3 is 5.11 Å². The Morgan fingerprint density at radius 1 is 1.33 bits per heavy atom. The highest BCUT2D eigenvalue weighted by molar-refractivity contribution is 5.35. The molecule has 0 amide bonds. The molecule has 0 aliphatic carbocycles. The molecule has 0 saturated heterocycles. The first-order valence-corrected chi connectivity index (χ1v) is 3.67. The molecule has 0 unspecified atom stereocenters. The normalized spacial score (nSPS) is 10.2. The third-order valence-corrected chi connectivity index (χ3v) is 1.38. The van der Waals surface area contributed by atoms with E-state index in [9.17, 15) is 23.3 Å². The van der Waals surface area contributed by atoms with Gasteiger partial charge in [-0.15, -0.1) is 0 Å². The molecule has 15 heavy (non-hydrogen) atoms. The summed E-state index contributed by atoms with van der Waals surface area (Å²) in [7, 11) is 1.00. The molecule has 84 valence electrons. The second-order valence-corrected chi connectivity index (χ2v) is 2.31. The molecule has 0 spiro atoms. The Labute approximate surface area is 83.1 Å². The van der Waals surface area contributed by atoms with Crippen molar-refractivity contribution < 1.29 is 23.2 Å². The number of halogens is 3. The Hall–Kier alpha value is -1.63. The molecule has 1 aromatic rings. The van der Waals surface area contributed by atoms with Gasteiger partial charge in [-0.2, -0.15) is 13.2 Å². The van der Waals surface area contributed by atoms with Gasteiger partial charge in [-0.25, -0.2) is 0 Å². The monoisotopic (exact) mass is 223 g/mol. The average Bonchev–Trinajstić information content (AvgIpc) is 2.20. The van der Waals surface area contributed by atoms with Gasteiger partial charge in [0.1, 0.15) is 0 Å². The van der Waals surface area contributed by atoms with Crippen LogP contribution in [0.3, 0.4) is 0 Å². The third kappa shape index (κ3) is 3.94. The minimum atomic E-state index is -4.54. The number of non-ortho nitro benzene ring substituents is 1. The number of alkyl halides is 3. The summed E-state index contributed by atoms with van der Waals surface area (Å²) in [5.74, 6) is 0. The number of hydrogen-bond acceptors (Lipinski definition) is 3. The number of rotatable bonds is 1. The molecular weight excluding hydrogens is 215 g/mol. The SMILES string of the molecule is CO.O=[N+]([O-])c1cccc(C(F)(F)F)c1. The summed E-state index contributed by atoms with van der Waals surface area (Å²) in [6.07, 6.45) is -4.54. The maximum Gasteiger partial charge on any atom is 0.416 e. The van der Waals surface area contributed by atoms with E-state index >= 15 is 0 Å². The van der Waals surface area contributed by atoms with Gasteiger partial charge in [-0.1, -0.05) is 6.07 Å². The molecule has 0 heterocycles. The van der Waals surface area contributed by atoms with Gasteiger partial charge >= 0.3 is 6.18 Å². The molecule has 1 rings (SSSR count). The van der Waals surface area contributed by atoms with Crippen molar-refractivity contribution in [3.05, 3.63) is 39.9 Å². The molecule has 0 aromatic heterocycles. The highest BCUT2D eigenvalue weighted by Gasteiger charge is 2.31. The fraction of sp³-hybridized carbons (Fsp3) is 0.250. The van der Waals surface area contributed by atoms with Crippen LogP contribution < -0.4 is 0 Å². The lowest BCUT2D eigenvalue weighted by Crippen LogP contribution is -2.04. The molecule has 0 radical (unpaired) electrons. The highest BCUT2D eigenvalue weighted by atomic mass is 19.4. The van der Waals surface area contributed by atoms with Crippen LogP contribution in [-0.4, -0.2) is 17.1 Å². The van der Waals surface area contributed by atoms with Gasteiger partial charge in [-0.05, 0) is 6.07 Å². The summed E-state index contributed by atoms with van der Waals surface area (Å²) in [4.78, 5) is 9.25. The van der Waals surface area contributed by atoms with Crippen LogP contribution in [0.1, 0.15) is 5.56 Å². The van der Waals surface area contributed by atoms with Crippen molar-refractivity contribution in [3.63, 3.8) is 0 Å². The van der Waals surface area contributed by atoms with Gasteiger partial charge in [0.25, 0.3) is 5.69 Å². The first-order chi connectivity index (χ1) is 6.91. The zero-order valence-corrected chi connectivity index (χ0v) is 7.65. The number of benzene rings is 1. The minimum Gasteiger partial charge on any atom is -0.400 e. The van der Waals surface area contributed by atoms with Crippen LogP contribution >= 0.6 is 0 Å². The van der Waals surface area contributed by atoms with E-state index in [1.165, 1.54) is 0 Å². The molecule has 0 bridgehead atoms. The molecule has 1 aromatic carbocycles. The van der Waals surface area contributed by atoms with Crippen molar-refractivity contribution in [2.75, 3.05) is 7.11 Å². The summed E-state index contributed by atoms with van der Waals surface area (Å²) < 4.78 is 36.0. The van der Waals surface area contributed by atoms with Crippen molar-refractivity contribution in [3.8, 4) is 0 Å². The van der Waals surface area contributed by atoms with E-state index in [0.29, 0.717) is 6.07 Å². The Morgan fingerprint density at radius 3 is 2.27 bits per heavy atom. The van der Waals surface area contributed by atoms with E-state index < -0.39 is 22.4 Å². The molecular formula is C8H8F3NO3. The topological polar surface area (TPSA) is 63.4 Å². The van der Waals surface area contributed by atoms with Crippen molar-refractivity contribution in [1.29, 1.82) is 0 Å². The summed E-state index contributed by atoms with van der Waals surface area (Å²) >= 11 is 0. The van der Waals surface area contributed by atoms with Gasteiger partial charge in [0.2, 0.25) is 0 Å². The maximum atomic E-state index is 12.0. The molecule has 0 aliphatic heterocycles. The van der Waals surface area contributed by atoms with E-state index in [-0.39, 0.29) is 0 Å². The quantitative estimate of drug-likeness (QED) is 0.586. The summed E-state index contributed by atoms with van der Waals surface area (Å²) in [6.45, 7) is 0. The lowest BCUT2D eigenvalue weighted by atomic mass is 10.2. The molecule has 7 heteroatoms. The van der Waals surface area contributed by atoms with Gasteiger partial charge in [0.05, 0.1) is 10.5 Å². The number of nitro groups is 1. The number of hydrogen-bond donors (Lipinski definition) is 1. The number of nitro benzene ring substituents is 1. The summed E-state index contributed by atoms with van der Waals surface area (Å²) in [6, 6.07) is 3.29. The molecule has 0 aliphatic rings. The summed E-state index contributed by atoms with van der Waals surface area (Å²) in [5.41, 5.74) is -1.57. The van der Waals surface area contributed by atoms with Crippen LogP contribution in [0.15, 0.2) is 24.3 Å². The van der Waals surface area contributed by atoms with Crippen LogP contribution in [0.5, 0.6) is 0 Å². The van der Waals surface area contributed by atoms with Crippen LogP contribution in [0.25, 0.3) is 0 Å². The van der Waals surface area contributed by atoms with E-state index in [1.54, 1.807) is 0 Å². The van der Waals surface area contributed by atoms with Crippen molar-refractivity contribution >= 4 is 5.69 Å². The molecule has 0 atom stereocenters. The third-order valence-electron chi connectivity index (χ3n) is 1.38. The number of aliphatic hydroxyl groups excluding tert-OH is 1. The Bertz CT molecular complexity index is 338. The zero-order valence-electron chi connectivity index (χ0n) is 7.65. The predicted octanol–water partition coefficient (Wildman–Crippen LogP) is 2.22. The van der Waals surface area contributed by atoms with E-state index in [1.807, 2.05) is 0 Å². The smallest absolute Gasteiger partial charge is 0.400 e. The Morgan fingerprint density at radius 2 is 1.87 bits per heavy atom. The van der Waals surface area contributed by atoms with Crippen LogP contribution in [-0.2, 0) is 6.18 Å². The van der Waals surface area contributed by atoms with Gasteiger partial charge in [-0.3, -0.25) is 10.1 Å². The molecule has 0 fully saturated rings. The first kappa shape index (κ1) is 13.4. The van der Waals surface area contributed by atoms with Crippen molar-refractivity contribution in [2.45, 2.75) is 6.18 Å². The maximum absolute atomic E-state index is 12.0. The largest absolute Gasteiger partial charge is 0.416 e. The minimum absolute atomic E-state index is 0.500. The first-order valence-electron chi connectivity index (χ1n) is 3.67. The lowest BCUT2D eigenvalue weighted by Gasteiger charge is -2.04. The lowest BCUT2D eigenvalue weighted by molar-refractivity contribution is -0.385. The van der Waals surface area contributed by atoms with Crippen LogP contribution in [0, 0.1) is 10.1 Å². The standard InChI is InChI=1S/C7H4F3NO2.CH4O/c8-7(9,10)5-2-1-3-6(4-5)11(12)13;1-2/h1-4H;2H,1H3. The van der Waals surface area contributed by atoms with E-state index in [4.69, 9.17) is 5.11 Å². The van der Waals surface area contributed by atoms with Gasteiger partial charge in [0, 0.05) is 19.2 Å². The van der Waals surface area contributed by atoms with Crippen molar-refractivity contribution in [2.24, 2.45) is 0 Å². The Balaban J connectivity index is 0.000000921. The predicted molar refractivity (Wildman–Crippen MR) is 46.2 cm³/mol. The average molecular weight is 223 g/mol. The molecule has 4 nitrogen and oxygen atoms in total. The summed E-state index contributed by atoms with van der Waals surface area (Å²) in [5, 5.41) is 17.1. The Kier molecular flexibility index (Phi) is 4.72. The van der Waals surface area contributed by atoms with Crippen molar-refractivity contribution in [1.82, 2.24) is 0 Å². The number of aliphatic hydroxyl groups is 1. The van der Waals surface area contributed by atoms with Crippen LogP contribution in [0.2, 0.25) is 0 Å². The zero-order chi connectivity index (χ0) is 12.1. The molecule has 0 saturated carbocycles. The highest BCUT2D eigenvalue weighted by Crippen LogP contribution is 2.30. The second-order valence-electron chi connectivity index (χ2n) is 2.31. The van der Waals surface area contributed by atoms with E-state index in [2.05, 4.69) is 0 Å². The second kappa shape index (κ2) is 5.30. The number of nitrogens with zero attached hydrogens (tertiary/aromatic N) is 1. The van der Waals surface area contributed by atoms with E-state index in [0.717, 1.165) is 25.3 Å². The van der Waals surface area contributed by atoms with Gasteiger partial charge in [0.15, 0.2) is 0 Å². The fourth-order valence-electron chi connectivity index (χ4n) is 0.796. The molecule has 1 N–H and O–H groups in total. The fourth-order valence-corrected chi connectivity index (χ4v) is 0.796.